The van der Waals surface area contributed by atoms with Crippen LogP contribution in [0.25, 0.3) is 11.4 Å². The van der Waals surface area contributed by atoms with Gasteiger partial charge in [0.2, 0.25) is 21.7 Å². The van der Waals surface area contributed by atoms with Crippen molar-refractivity contribution in [2.24, 2.45) is 0 Å². The van der Waals surface area contributed by atoms with E-state index in [1.807, 2.05) is 0 Å². The summed E-state index contributed by atoms with van der Waals surface area (Å²) in [4.78, 5) is 12.5. The van der Waals surface area contributed by atoms with Crippen molar-refractivity contribution in [3.05, 3.63) is 53.7 Å². The van der Waals surface area contributed by atoms with Crippen LogP contribution >= 0.6 is 0 Å². The Kier molecular flexibility index (Phi) is 4.68. The largest absolute Gasteiger partial charge is 0.339 e. The van der Waals surface area contributed by atoms with E-state index in [4.69, 9.17) is 4.52 Å². The lowest BCUT2D eigenvalue weighted by Gasteiger charge is -2.17. The van der Waals surface area contributed by atoms with Gasteiger partial charge in [-0.05, 0) is 31.0 Å². The van der Waals surface area contributed by atoms with E-state index in [0.29, 0.717) is 41.5 Å². The van der Waals surface area contributed by atoms with Gasteiger partial charge in [0.05, 0.1) is 16.2 Å². The molecule has 0 amide bonds. The second-order valence-corrected chi connectivity index (χ2v) is 8.66. The molecule has 0 spiro atoms. The molecule has 1 aliphatic rings. The number of nitrogens with zero attached hydrogens (tertiary/aromatic N) is 5. The maximum absolute atomic E-state index is 13.9. The van der Waals surface area contributed by atoms with Crippen LogP contribution in [0.15, 0.2) is 40.1 Å². The molecule has 2 aromatic heterocycles. The fourth-order valence-corrected chi connectivity index (χ4v) is 4.81. The monoisotopic (exact) mass is 403 g/mol. The molecule has 3 aromatic rings. The summed E-state index contributed by atoms with van der Waals surface area (Å²) < 4.78 is 46.1. The third-order valence-corrected chi connectivity index (χ3v) is 6.69. The third kappa shape index (κ3) is 3.29. The zero-order valence-electron chi connectivity index (χ0n) is 15.3. The Morgan fingerprint density at radius 1 is 1.29 bits per heavy atom. The fourth-order valence-electron chi connectivity index (χ4n) is 3.30. The van der Waals surface area contributed by atoms with Crippen LogP contribution in [-0.2, 0) is 10.0 Å². The minimum atomic E-state index is -3.79. The van der Waals surface area contributed by atoms with Crippen molar-refractivity contribution >= 4 is 10.0 Å². The van der Waals surface area contributed by atoms with E-state index in [1.54, 1.807) is 20.0 Å². The van der Waals surface area contributed by atoms with E-state index in [9.17, 15) is 12.8 Å². The molecular formula is C18H18FN5O3S. The highest BCUT2D eigenvalue weighted by Gasteiger charge is 2.35. The van der Waals surface area contributed by atoms with Crippen LogP contribution in [0, 0.1) is 19.7 Å². The molecule has 146 valence electrons. The van der Waals surface area contributed by atoms with E-state index in [0.717, 1.165) is 6.07 Å². The Morgan fingerprint density at radius 2 is 2.11 bits per heavy atom. The first-order valence-corrected chi connectivity index (χ1v) is 10.2. The second kappa shape index (κ2) is 7.02. The van der Waals surface area contributed by atoms with E-state index in [2.05, 4.69) is 20.1 Å². The molecule has 8 nitrogen and oxygen atoms in total. The molecule has 1 aromatic carbocycles. The quantitative estimate of drug-likeness (QED) is 0.659. The van der Waals surface area contributed by atoms with E-state index in [-0.39, 0.29) is 17.4 Å². The summed E-state index contributed by atoms with van der Waals surface area (Å²) in [5.74, 6) is 0.0982. The highest BCUT2D eigenvalue weighted by atomic mass is 32.2. The van der Waals surface area contributed by atoms with Gasteiger partial charge in [-0.25, -0.2) is 22.8 Å². The Hall–Kier alpha value is -2.72. The zero-order chi connectivity index (χ0) is 19.9. The highest BCUT2D eigenvalue weighted by molar-refractivity contribution is 7.89. The molecule has 0 aliphatic carbocycles. The molecule has 0 saturated carbocycles. The molecule has 1 fully saturated rings. The van der Waals surface area contributed by atoms with Gasteiger partial charge in [0, 0.05) is 32.1 Å². The number of hydrogen-bond acceptors (Lipinski definition) is 7. The molecule has 4 rings (SSSR count). The van der Waals surface area contributed by atoms with E-state index < -0.39 is 15.8 Å². The number of rotatable bonds is 4. The van der Waals surface area contributed by atoms with Gasteiger partial charge in [-0.3, -0.25) is 0 Å². The van der Waals surface area contributed by atoms with Crippen molar-refractivity contribution in [1.29, 1.82) is 0 Å². The average Bonchev–Trinajstić information content (AvgIpc) is 3.33. The Balaban J connectivity index is 1.62. The van der Waals surface area contributed by atoms with Gasteiger partial charge in [0.15, 0.2) is 0 Å². The predicted octanol–water partition coefficient (Wildman–Crippen LogP) is 2.46. The van der Waals surface area contributed by atoms with Gasteiger partial charge >= 0.3 is 0 Å². The lowest BCUT2D eigenvalue weighted by molar-refractivity contribution is 0.394. The smallest absolute Gasteiger partial charge is 0.243 e. The fraction of sp³-hybridized carbons (Fsp3) is 0.333. The number of halogens is 1. The third-order valence-electron chi connectivity index (χ3n) is 4.83. The van der Waals surface area contributed by atoms with Crippen LogP contribution in [-0.4, -0.2) is 45.9 Å². The lowest BCUT2D eigenvalue weighted by atomic mass is 10.00. The standard InChI is InChI=1S/C18H18FN5O3S/c1-11-3-4-14(7-16(11)19)28(25,26)24-6-5-13(9-24)17-15(8-20-10-21-17)18-22-12(2)27-23-18/h3-4,7-8,10,13H,5-6,9H2,1-2H3. The first-order valence-electron chi connectivity index (χ1n) is 8.73. The summed E-state index contributed by atoms with van der Waals surface area (Å²) in [6.07, 6.45) is 3.59. The van der Waals surface area contributed by atoms with Crippen molar-refractivity contribution < 1.29 is 17.3 Å². The van der Waals surface area contributed by atoms with Gasteiger partial charge in [0.25, 0.3) is 0 Å². The molecule has 0 N–H and O–H groups in total. The summed E-state index contributed by atoms with van der Waals surface area (Å²) in [6.45, 7) is 3.83. The SMILES string of the molecule is Cc1nc(-c2cncnc2C2CCN(S(=O)(=O)c3ccc(C)c(F)c3)C2)no1. The van der Waals surface area contributed by atoms with E-state index >= 15 is 0 Å². The molecule has 0 bridgehead atoms. The first-order chi connectivity index (χ1) is 13.4. The number of benzene rings is 1. The molecular weight excluding hydrogens is 385 g/mol. The van der Waals surface area contributed by atoms with Crippen molar-refractivity contribution in [2.75, 3.05) is 13.1 Å². The molecule has 1 atom stereocenters. The van der Waals surface area contributed by atoms with Crippen molar-refractivity contribution in [2.45, 2.75) is 31.1 Å². The molecule has 1 saturated heterocycles. The Labute approximate surface area is 161 Å². The van der Waals surface area contributed by atoms with Gasteiger partial charge in [-0.1, -0.05) is 11.2 Å². The highest BCUT2D eigenvalue weighted by Crippen LogP contribution is 2.34. The molecule has 1 aliphatic heterocycles. The van der Waals surface area contributed by atoms with Gasteiger partial charge in [-0.15, -0.1) is 0 Å². The van der Waals surface area contributed by atoms with Crippen molar-refractivity contribution in [1.82, 2.24) is 24.4 Å². The minimum Gasteiger partial charge on any atom is -0.339 e. The Bertz CT molecular complexity index is 1130. The molecule has 10 heteroatoms. The average molecular weight is 403 g/mol. The number of hydrogen-bond donors (Lipinski definition) is 0. The van der Waals surface area contributed by atoms with Crippen molar-refractivity contribution in [3.63, 3.8) is 0 Å². The Morgan fingerprint density at radius 3 is 2.82 bits per heavy atom. The van der Waals surface area contributed by atoms with Crippen LogP contribution < -0.4 is 0 Å². The van der Waals surface area contributed by atoms with Gasteiger partial charge < -0.3 is 4.52 Å². The van der Waals surface area contributed by atoms with Crippen LogP contribution in [0.4, 0.5) is 4.39 Å². The first kappa shape index (κ1) is 18.6. The van der Waals surface area contributed by atoms with E-state index in [1.165, 1.54) is 22.8 Å². The summed E-state index contributed by atoms with van der Waals surface area (Å²) in [6, 6.07) is 3.96. The summed E-state index contributed by atoms with van der Waals surface area (Å²) in [5.41, 5.74) is 1.69. The number of aromatic nitrogens is 4. The normalized spacial score (nSPS) is 17.9. The number of aryl methyl sites for hydroxylation is 2. The molecule has 0 radical (unpaired) electrons. The summed E-state index contributed by atoms with van der Waals surface area (Å²) >= 11 is 0. The minimum absolute atomic E-state index is 0.0482. The number of sulfonamides is 1. The topological polar surface area (TPSA) is 102 Å². The second-order valence-electron chi connectivity index (χ2n) is 6.72. The summed E-state index contributed by atoms with van der Waals surface area (Å²) in [7, 11) is -3.79. The van der Waals surface area contributed by atoms with Gasteiger partial charge in [0.1, 0.15) is 12.1 Å². The lowest BCUT2D eigenvalue weighted by Crippen LogP contribution is -2.29. The molecule has 3 heterocycles. The zero-order valence-corrected chi connectivity index (χ0v) is 16.1. The summed E-state index contributed by atoms with van der Waals surface area (Å²) in [5, 5.41) is 3.91. The molecule has 28 heavy (non-hydrogen) atoms. The molecule has 1 unspecified atom stereocenters. The maximum atomic E-state index is 13.9. The van der Waals surface area contributed by atoms with Crippen LogP contribution in [0.1, 0.15) is 29.5 Å². The maximum Gasteiger partial charge on any atom is 0.243 e. The predicted molar refractivity (Wildman–Crippen MR) is 97.3 cm³/mol. The van der Waals surface area contributed by atoms with Crippen LogP contribution in [0.5, 0.6) is 0 Å². The van der Waals surface area contributed by atoms with Crippen molar-refractivity contribution in [3.8, 4) is 11.4 Å². The van der Waals surface area contributed by atoms with Gasteiger partial charge in [-0.2, -0.15) is 9.29 Å². The van der Waals surface area contributed by atoms with Crippen LogP contribution in [0.3, 0.4) is 0 Å². The van der Waals surface area contributed by atoms with Crippen LogP contribution in [0.2, 0.25) is 0 Å².